The Kier molecular flexibility index (Phi) is 4.65. The van der Waals surface area contributed by atoms with Crippen molar-refractivity contribution in [3.63, 3.8) is 0 Å². The standard InChI is InChI=1S/C16H14N4O6/c1-10(11-2-5-15-16(8-11)26-7-6-25-15)17-18-13-4-3-12(19(21)22)9-14(13)20(23)24/h2-5,8-9,18H,6-7H2,1H3/b17-10+. The Morgan fingerprint density at radius 2 is 1.77 bits per heavy atom. The second kappa shape index (κ2) is 7.05. The van der Waals surface area contributed by atoms with Crippen LogP contribution >= 0.6 is 0 Å². The van der Waals surface area contributed by atoms with Crippen molar-refractivity contribution in [2.75, 3.05) is 18.6 Å². The topological polar surface area (TPSA) is 129 Å². The van der Waals surface area contributed by atoms with Crippen molar-refractivity contribution in [3.8, 4) is 11.5 Å². The maximum atomic E-state index is 11.1. The monoisotopic (exact) mass is 358 g/mol. The highest BCUT2D eigenvalue weighted by atomic mass is 16.6. The summed E-state index contributed by atoms with van der Waals surface area (Å²) in [7, 11) is 0. The molecule has 0 bridgehead atoms. The summed E-state index contributed by atoms with van der Waals surface area (Å²) in [4.78, 5) is 20.5. The van der Waals surface area contributed by atoms with Crippen LogP contribution in [0.15, 0.2) is 41.5 Å². The molecule has 0 fully saturated rings. The Labute approximate surface area is 147 Å². The number of nitro groups is 2. The number of non-ortho nitro benzene ring substituents is 1. The lowest BCUT2D eigenvalue weighted by atomic mass is 10.1. The summed E-state index contributed by atoms with van der Waals surface area (Å²) >= 11 is 0. The summed E-state index contributed by atoms with van der Waals surface area (Å²) in [5.74, 6) is 1.25. The number of ether oxygens (including phenoxy) is 2. The van der Waals surface area contributed by atoms with Crippen molar-refractivity contribution >= 4 is 22.8 Å². The molecule has 3 rings (SSSR count). The molecule has 1 aliphatic rings. The van der Waals surface area contributed by atoms with Gasteiger partial charge < -0.3 is 9.47 Å². The average Bonchev–Trinajstić information content (AvgIpc) is 2.65. The van der Waals surface area contributed by atoms with Gasteiger partial charge in [-0.05, 0) is 31.2 Å². The molecule has 2 aromatic carbocycles. The first-order valence-corrected chi connectivity index (χ1v) is 7.59. The fraction of sp³-hybridized carbons (Fsp3) is 0.188. The first-order valence-electron chi connectivity index (χ1n) is 7.59. The van der Waals surface area contributed by atoms with Gasteiger partial charge in [0.2, 0.25) is 0 Å². The Balaban J connectivity index is 1.85. The van der Waals surface area contributed by atoms with Crippen LogP contribution in [0.25, 0.3) is 0 Å². The number of nitro benzene ring substituents is 2. The highest BCUT2D eigenvalue weighted by Gasteiger charge is 2.19. The van der Waals surface area contributed by atoms with Gasteiger partial charge in [0, 0.05) is 11.6 Å². The zero-order valence-corrected chi connectivity index (χ0v) is 13.7. The molecule has 1 aliphatic heterocycles. The molecule has 0 amide bonds. The predicted octanol–water partition coefficient (Wildman–Crippen LogP) is 3.11. The Morgan fingerprint density at radius 1 is 1.04 bits per heavy atom. The molecule has 0 saturated heterocycles. The van der Waals surface area contributed by atoms with Crippen molar-refractivity contribution < 1.29 is 19.3 Å². The number of nitrogens with one attached hydrogen (secondary N) is 1. The van der Waals surface area contributed by atoms with E-state index in [9.17, 15) is 20.2 Å². The van der Waals surface area contributed by atoms with Gasteiger partial charge in [-0.2, -0.15) is 5.10 Å². The zero-order chi connectivity index (χ0) is 18.7. The summed E-state index contributed by atoms with van der Waals surface area (Å²) in [5, 5.41) is 26.0. The number of fused-ring (bicyclic) bond motifs is 1. The van der Waals surface area contributed by atoms with E-state index in [1.807, 2.05) is 0 Å². The number of anilines is 1. The van der Waals surface area contributed by atoms with Crippen molar-refractivity contribution in [1.29, 1.82) is 0 Å². The van der Waals surface area contributed by atoms with Crippen LogP contribution in [-0.4, -0.2) is 28.8 Å². The van der Waals surface area contributed by atoms with Crippen LogP contribution in [0, 0.1) is 20.2 Å². The molecule has 0 aliphatic carbocycles. The molecule has 10 heteroatoms. The molecule has 2 aromatic rings. The lowest BCUT2D eigenvalue weighted by Gasteiger charge is -2.18. The second-order valence-electron chi connectivity index (χ2n) is 5.38. The summed E-state index contributed by atoms with van der Waals surface area (Å²) in [6.45, 7) is 2.67. The minimum Gasteiger partial charge on any atom is -0.486 e. The number of hydrogen-bond acceptors (Lipinski definition) is 8. The van der Waals surface area contributed by atoms with E-state index >= 15 is 0 Å². The molecule has 134 valence electrons. The van der Waals surface area contributed by atoms with Gasteiger partial charge >= 0.3 is 5.69 Å². The molecule has 0 radical (unpaired) electrons. The van der Waals surface area contributed by atoms with E-state index in [0.29, 0.717) is 30.4 Å². The van der Waals surface area contributed by atoms with Gasteiger partial charge in [-0.15, -0.1) is 0 Å². The fourth-order valence-corrected chi connectivity index (χ4v) is 2.36. The number of rotatable bonds is 5. The van der Waals surface area contributed by atoms with Crippen LogP contribution in [0.5, 0.6) is 11.5 Å². The summed E-state index contributed by atoms with van der Waals surface area (Å²) in [6.07, 6.45) is 0. The first kappa shape index (κ1) is 17.1. The lowest BCUT2D eigenvalue weighted by molar-refractivity contribution is -0.393. The van der Waals surface area contributed by atoms with Crippen LogP contribution in [0.1, 0.15) is 12.5 Å². The molecule has 0 aromatic heterocycles. The molecule has 0 unspecified atom stereocenters. The van der Waals surface area contributed by atoms with E-state index < -0.39 is 15.5 Å². The minimum absolute atomic E-state index is 0.0532. The molecule has 26 heavy (non-hydrogen) atoms. The molecule has 1 N–H and O–H groups in total. The van der Waals surface area contributed by atoms with Gasteiger partial charge in [0.05, 0.1) is 21.6 Å². The molecule has 10 nitrogen and oxygen atoms in total. The quantitative estimate of drug-likeness (QED) is 0.494. The van der Waals surface area contributed by atoms with Gasteiger partial charge in [0.1, 0.15) is 18.9 Å². The predicted molar refractivity (Wildman–Crippen MR) is 93.0 cm³/mol. The van der Waals surface area contributed by atoms with Crippen molar-refractivity contribution in [2.24, 2.45) is 5.10 Å². The van der Waals surface area contributed by atoms with E-state index in [1.165, 1.54) is 12.1 Å². The molecular formula is C16H14N4O6. The normalized spacial score (nSPS) is 13.2. The average molecular weight is 358 g/mol. The fourth-order valence-electron chi connectivity index (χ4n) is 2.36. The SMILES string of the molecule is C/C(=N\Nc1ccc([N+](=O)[O-])cc1[N+](=O)[O-])c1ccc2c(c1)OCCO2. The summed E-state index contributed by atoms with van der Waals surface area (Å²) in [5.41, 5.74) is 3.14. The van der Waals surface area contributed by atoms with Crippen molar-refractivity contribution in [3.05, 3.63) is 62.2 Å². The third kappa shape index (κ3) is 3.53. The second-order valence-corrected chi connectivity index (χ2v) is 5.38. The smallest absolute Gasteiger partial charge is 0.301 e. The largest absolute Gasteiger partial charge is 0.486 e. The number of hydrogen-bond donors (Lipinski definition) is 1. The summed E-state index contributed by atoms with van der Waals surface area (Å²) < 4.78 is 11.0. The van der Waals surface area contributed by atoms with E-state index in [0.717, 1.165) is 11.6 Å². The lowest BCUT2D eigenvalue weighted by Crippen LogP contribution is -2.15. The number of hydrazone groups is 1. The van der Waals surface area contributed by atoms with Crippen molar-refractivity contribution in [1.82, 2.24) is 0 Å². The third-order valence-electron chi connectivity index (χ3n) is 3.69. The number of nitrogens with zero attached hydrogens (tertiary/aromatic N) is 3. The van der Waals surface area contributed by atoms with E-state index in [1.54, 1.807) is 25.1 Å². The molecule has 0 spiro atoms. The Morgan fingerprint density at radius 3 is 2.46 bits per heavy atom. The van der Waals surface area contributed by atoms with Crippen LogP contribution in [0.2, 0.25) is 0 Å². The van der Waals surface area contributed by atoms with Gasteiger partial charge in [-0.1, -0.05) is 0 Å². The minimum atomic E-state index is -0.704. The van der Waals surface area contributed by atoms with Gasteiger partial charge in [0.15, 0.2) is 11.5 Å². The highest BCUT2D eigenvalue weighted by molar-refractivity contribution is 5.99. The van der Waals surface area contributed by atoms with Gasteiger partial charge in [0.25, 0.3) is 5.69 Å². The van der Waals surface area contributed by atoms with E-state index in [4.69, 9.17) is 9.47 Å². The van der Waals surface area contributed by atoms with Crippen LogP contribution < -0.4 is 14.9 Å². The number of benzene rings is 2. The van der Waals surface area contributed by atoms with Crippen LogP contribution in [0.4, 0.5) is 17.1 Å². The maximum Gasteiger partial charge on any atom is 0.301 e. The van der Waals surface area contributed by atoms with Gasteiger partial charge in [-0.25, -0.2) is 0 Å². The third-order valence-corrected chi connectivity index (χ3v) is 3.69. The zero-order valence-electron chi connectivity index (χ0n) is 13.7. The summed E-state index contributed by atoms with van der Waals surface area (Å²) in [6, 6.07) is 8.62. The highest BCUT2D eigenvalue weighted by Crippen LogP contribution is 2.31. The molecular weight excluding hydrogens is 344 g/mol. The van der Waals surface area contributed by atoms with E-state index in [-0.39, 0.29) is 11.4 Å². The van der Waals surface area contributed by atoms with Crippen molar-refractivity contribution in [2.45, 2.75) is 6.92 Å². The molecule has 0 saturated carbocycles. The maximum absolute atomic E-state index is 11.1. The van der Waals surface area contributed by atoms with Crippen LogP contribution in [0.3, 0.4) is 0 Å². The van der Waals surface area contributed by atoms with E-state index in [2.05, 4.69) is 10.5 Å². The molecule has 0 atom stereocenters. The molecule has 1 heterocycles. The first-order chi connectivity index (χ1) is 12.5. The Bertz CT molecular complexity index is 912. The van der Waals surface area contributed by atoms with Crippen LogP contribution in [-0.2, 0) is 0 Å². The Hall–Kier alpha value is -3.69. The van der Waals surface area contributed by atoms with Gasteiger partial charge in [-0.3, -0.25) is 25.7 Å².